The third-order valence-corrected chi connectivity index (χ3v) is 1.98. The van der Waals surface area contributed by atoms with E-state index in [1.807, 2.05) is 12.2 Å². The Morgan fingerprint density at radius 2 is 2.50 bits per heavy atom. The van der Waals surface area contributed by atoms with E-state index in [1.165, 1.54) is 6.08 Å². The molecular weight excluding hydrogens is 224 g/mol. The number of allylic oxidation sites excluding steroid dienone is 4. The molecule has 0 N–H and O–H groups in total. The molecular formula is C12H10O3S. The van der Waals surface area contributed by atoms with Crippen molar-refractivity contribution in [3.63, 3.8) is 0 Å². The van der Waals surface area contributed by atoms with Gasteiger partial charge in [0, 0.05) is 6.42 Å². The second-order valence-corrected chi connectivity index (χ2v) is 3.30. The number of esters is 1. The number of carbonyl (C=O) groups is 1. The highest BCUT2D eigenvalue weighted by atomic mass is 32.1. The van der Waals surface area contributed by atoms with Gasteiger partial charge in [0.2, 0.25) is 0 Å². The van der Waals surface area contributed by atoms with Gasteiger partial charge in [-0.05, 0) is 6.08 Å². The van der Waals surface area contributed by atoms with Crippen LogP contribution in [-0.4, -0.2) is 17.4 Å². The summed E-state index contributed by atoms with van der Waals surface area (Å²) < 4.78 is 9.66. The average molecular weight is 234 g/mol. The molecule has 82 valence electrons. The number of rotatable bonds is 3. The predicted octanol–water partition coefficient (Wildman–Crippen LogP) is 1.91. The number of hydrogen-bond acceptors (Lipinski definition) is 4. The molecule has 0 aromatic rings. The highest BCUT2D eigenvalue weighted by Gasteiger charge is 2.06. The van der Waals surface area contributed by atoms with Crippen molar-refractivity contribution in [1.29, 1.82) is 0 Å². The molecule has 3 nitrogen and oxygen atoms in total. The Morgan fingerprint density at radius 3 is 3.19 bits per heavy atom. The Bertz CT molecular complexity index is 421. The SMILES string of the molecule is C=CCOC(=O)C#COC1=CC=CCC1=S. The van der Waals surface area contributed by atoms with E-state index in [4.69, 9.17) is 17.0 Å². The first-order valence-electron chi connectivity index (χ1n) is 4.59. The lowest BCUT2D eigenvalue weighted by atomic mass is 10.2. The maximum Gasteiger partial charge on any atom is 0.388 e. The normalized spacial score (nSPS) is 13.2. The fourth-order valence-electron chi connectivity index (χ4n) is 0.908. The van der Waals surface area contributed by atoms with Crippen LogP contribution < -0.4 is 0 Å². The largest absolute Gasteiger partial charge is 0.452 e. The zero-order chi connectivity index (χ0) is 11.8. The summed E-state index contributed by atoms with van der Waals surface area (Å²) in [4.78, 5) is 11.6. The van der Waals surface area contributed by atoms with Crippen LogP contribution in [0.1, 0.15) is 6.42 Å². The van der Waals surface area contributed by atoms with Crippen molar-refractivity contribution >= 4 is 23.1 Å². The smallest absolute Gasteiger partial charge is 0.388 e. The molecule has 0 aromatic carbocycles. The van der Waals surface area contributed by atoms with Crippen molar-refractivity contribution < 1.29 is 14.3 Å². The molecule has 0 fully saturated rings. The first-order chi connectivity index (χ1) is 7.74. The molecule has 1 rings (SSSR count). The van der Waals surface area contributed by atoms with Crippen LogP contribution in [0.5, 0.6) is 0 Å². The number of ether oxygens (including phenoxy) is 2. The molecule has 1 aliphatic carbocycles. The van der Waals surface area contributed by atoms with E-state index in [9.17, 15) is 4.79 Å². The molecule has 0 spiro atoms. The molecule has 0 amide bonds. The van der Waals surface area contributed by atoms with Crippen molar-refractivity contribution in [2.24, 2.45) is 0 Å². The van der Waals surface area contributed by atoms with Crippen LogP contribution in [-0.2, 0) is 14.3 Å². The van der Waals surface area contributed by atoms with Gasteiger partial charge in [-0.2, -0.15) is 0 Å². The summed E-state index contributed by atoms with van der Waals surface area (Å²) in [6, 6.07) is 0. The number of carbonyl (C=O) groups excluding carboxylic acids is 1. The van der Waals surface area contributed by atoms with Crippen LogP contribution in [0.3, 0.4) is 0 Å². The summed E-state index contributed by atoms with van der Waals surface area (Å²) >= 11 is 5.03. The van der Waals surface area contributed by atoms with Gasteiger partial charge in [0.1, 0.15) is 12.7 Å². The maximum absolute atomic E-state index is 10.9. The zero-order valence-corrected chi connectivity index (χ0v) is 9.38. The molecule has 0 bridgehead atoms. The standard InChI is InChI=1S/C12H10O3S/c1-2-8-15-12(13)7-9-14-10-5-3-4-6-11(10)16/h2-5H,1,6,8H2. The Kier molecular flexibility index (Phi) is 5.03. The van der Waals surface area contributed by atoms with Gasteiger partial charge in [0.15, 0.2) is 5.76 Å². The van der Waals surface area contributed by atoms with E-state index < -0.39 is 5.97 Å². The predicted molar refractivity (Wildman–Crippen MR) is 64.5 cm³/mol. The Hall–Kier alpha value is -1.86. The molecule has 0 aromatic heterocycles. The van der Waals surface area contributed by atoms with Crippen molar-refractivity contribution in [2.75, 3.05) is 6.61 Å². The minimum Gasteiger partial charge on any atom is -0.452 e. The monoisotopic (exact) mass is 234 g/mol. The molecule has 0 heterocycles. The van der Waals surface area contributed by atoms with Crippen LogP contribution in [0.2, 0.25) is 0 Å². The first-order valence-corrected chi connectivity index (χ1v) is 5.00. The van der Waals surface area contributed by atoms with Crippen LogP contribution >= 0.6 is 12.2 Å². The highest BCUT2D eigenvalue weighted by molar-refractivity contribution is 7.80. The second-order valence-electron chi connectivity index (χ2n) is 2.80. The second kappa shape index (κ2) is 6.59. The molecule has 4 heteroatoms. The summed E-state index contributed by atoms with van der Waals surface area (Å²) in [7, 11) is 0. The minimum atomic E-state index is -0.655. The van der Waals surface area contributed by atoms with Crippen molar-refractivity contribution in [3.8, 4) is 12.0 Å². The zero-order valence-electron chi connectivity index (χ0n) is 8.56. The topological polar surface area (TPSA) is 35.5 Å². The van der Waals surface area contributed by atoms with Crippen LogP contribution in [0.25, 0.3) is 0 Å². The Morgan fingerprint density at radius 1 is 1.69 bits per heavy atom. The molecule has 0 radical (unpaired) electrons. The quantitative estimate of drug-likeness (QED) is 0.323. The maximum atomic E-state index is 10.9. The van der Waals surface area contributed by atoms with E-state index in [2.05, 4.69) is 23.3 Å². The lowest BCUT2D eigenvalue weighted by Crippen LogP contribution is -2.04. The summed E-state index contributed by atoms with van der Waals surface area (Å²) in [5.74, 6) is 2.03. The van der Waals surface area contributed by atoms with Crippen LogP contribution in [0.15, 0.2) is 36.6 Å². The first kappa shape index (κ1) is 12.2. The summed E-state index contributed by atoms with van der Waals surface area (Å²) in [5, 5.41) is 0. The van der Waals surface area contributed by atoms with Gasteiger partial charge in [0.05, 0.1) is 10.8 Å². The van der Waals surface area contributed by atoms with E-state index in [0.717, 1.165) is 0 Å². The fourth-order valence-corrected chi connectivity index (χ4v) is 1.11. The van der Waals surface area contributed by atoms with Crippen molar-refractivity contribution in [3.05, 3.63) is 36.6 Å². The van der Waals surface area contributed by atoms with E-state index in [1.54, 1.807) is 6.08 Å². The number of hydrogen-bond donors (Lipinski definition) is 0. The van der Waals surface area contributed by atoms with E-state index in [0.29, 0.717) is 17.0 Å². The Balaban J connectivity index is 2.44. The van der Waals surface area contributed by atoms with Gasteiger partial charge in [0.25, 0.3) is 0 Å². The third kappa shape index (κ3) is 4.11. The molecule has 0 unspecified atom stereocenters. The van der Waals surface area contributed by atoms with Crippen molar-refractivity contribution in [1.82, 2.24) is 0 Å². The van der Waals surface area contributed by atoms with Gasteiger partial charge in [-0.3, -0.25) is 0 Å². The highest BCUT2D eigenvalue weighted by Crippen LogP contribution is 2.10. The van der Waals surface area contributed by atoms with Gasteiger partial charge < -0.3 is 9.47 Å². The fraction of sp³-hybridized carbons (Fsp3) is 0.167. The third-order valence-electron chi connectivity index (χ3n) is 1.61. The van der Waals surface area contributed by atoms with E-state index in [-0.39, 0.29) is 6.61 Å². The molecule has 0 saturated carbocycles. The van der Waals surface area contributed by atoms with Gasteiger partial charge in [-0.15, -0.1) is 0 Å². The van der Waals surface area contributed by atoms with Gasteiger partial charge in [-0.1, -0.05) is 37.0 Å². The molecule has 0 saturated heterocycles. The Labute approximate surface area is 99.4 Å². The average Bonchev–Trinajstić information content (AvgIpc) is 2.29. The minimum absolute atomic E-state index is 0.136. The van der Waals surface area contributed by atoms with E-state index >= 15 is 0 Å². The summed E-state index contributed by atoms with van der Waals surface area (Å²) in [6.07, 6.45) is 9.81. The molecule has 0 atom stereocenters. The van der Waals surface area contributed by atoms with Gasteiger partial charge in [-0.25, -0.2) is 4.79 Å². The lowest BCUT2D eigenvalue weighted by Gasteiger charge is -2.05. The molecule has 0 aliphatic heterocycles. The van der Waals surface area contributed by atoms with Gasteiger partial charge >= 0.3 is 5.97 Å². The molecule has 1 aliphatic rings. The summed E-state index contributed by atoms with van der Waals surface area (Å²) in [5.41, 5.74) is 0. The number of thiocarbonyl (C=S) groups is 1. The summed E-state index contributed by atoms with van der Waals surface area (Å²) in [6.45, 7) is 3.54. The van der Waals surface area contributed by atoms with Crippen LogP contribution in [0.4, 0.5) is 0 Å². The van der Waals surface area contributed by atoms with Crippen molar-refractivity contribution in [2.45, 2.75) is 6.42 Å². The molecule has 16 heavy (non-hydrogen) atoms. The van der Waals surface area contributed by atoms with Crippen LogP contribution in [0, 0.1) is 12.0 Å². The lowest BCUT2D eigenvalue weighted by molar-refractivity contribution is -0.135.